The Bertz CT molecular complexity index is 494. The summed E-state index contributed by atoms with van der Waals surface area (Å²) in [7, 11) is 0. The van der Waals surface area contributed by atoms with E-state index in [2.05, 4.69) is 31.1 Å². The minimum atomic E-state index is 0.563. The van der Waals surface area contributed by atoms with Gasteiger partial charge in [0, 0.05) is 35.5 Å². The Morgan fingerprint density at radius 3 is 2.88 bits per heavy atom. The van der Waals surface area contributed by atoms with E-state index in [1.165, 1.54) is 0 Å². The minimum absolute atomic E-state index is 0.563. The Morgan fingerprint density at radius 1 is 1.38 bits per heavy atom. The predicted molar refractivity (Wildman–Crippen MR) is 64.7 cm³/mol. The molecule has 0 aromatic carbocycles. The first-order chi connectivity index (χ1) is 7.72. The number of hydrogen-bond donors (Lipinski definition) is 1. The zero-order valence-corrected chi connectivity index (χ0v) is 10.5. The number of nitrogens with two attached hydrogens (primary N) is 1. The van der Waals surface area contributed by atoms with E-state index >= 15 is 0 Å². The zero-order chi connectivity index (χ0) is 11.5. The van der Waals surface area contributed by atoms with Gasteiger partial charge in [-0.15, -0.1) is 10.2 Å². The zero-order valence-electron chi connectivity index (χ0n) is 8.89. The summed E-state index contributed by atoms with van der Waals surface area (Å²) in [5.41, 5.74) is 6.50. The first-order valence-electron chi connectivity index (χ1n) is 4.93. The molecule has 0 atom stereocenters. The van der Waals surface area contributed by atoms with Crippen molar-refractivity contribution in [2.45, 2.75) is 13.5 Å². The molecule has 0 unspecified atom stereocenters. The van der Waals surface area contributed by atoms with E-state index in [1.807, 2.05) is 17.6 Å². The number of hydrogen-bond acceptors (Lipinski definition) is 4. The van der Waals surface area contributed by atoms with Gasteiger partial charge < -0.3 is 10.3 Å². The standard InChI is InChI=1S/C10H12BrN5/c1-7-14-15-10(16(7)3-2-12)8-4-9(11)6-13-5-8/h4-6H,2-3,12H2,1H3. The smallest absolute Gasteiger partial charge is 0.165 e. The molecule has 0 bridgehead atoms. The Balaban J connectivity index is 2.47. The first-order valence-corrected chi connectivity index (χ1v) is 5.72. The minimum Gasteiger partial charge on any atom is -0.329 e. The Hall–Kier alpha value is -1.27. The van der Waals surface area contributed by atoms with E-state index in [-0.39, 0.29) is 0 Å². The topological polar surface area (TPSA) is 69.6 Å². The maximum absolute atomic E-state index is 5.56. The van der Waals surface area contributed by atoms with Crippen LogP contribution in [0.2, 0.25) is 0 Å². The second-order valence-corrected chi connectivity index (χ2v) is 4.32. The average molecular weight is 282 g/mol. The van der Waals surface area contributed by atoms with Gasteiger partial charge in [-0.25, -0.2) is 0 Å². The van der Waals surface area contributed by atoms with Crippen molar-refractivity contribution in [3.63, 3.8) is 0 Å². The fourth-order valence-electron chi connectivity index (χ4n) is 1.53. The van der Waals surface area contributed by atoms with Crippen molar-refractivity contribution < 1.29 is 0 Å². The Labute approximate surface area is 102 Å². The summed E-state index contributed by atoms with van der Waals surface area (Å²) in [5.74, 6) is 1.66. The lowest BCUT2D eigenvalue weighted by Crippen LogP contribution is -2.12. The maximum atomic E-state index is 5.56. The molecule has 16 heavy (non-hydrogen) atoms. The highest BCUT2D eigenvalue weighted by Gasteiger charge is 2.10. The third-order valence-electron chi connectivity index (χ3n) is 2.25. The number of nitrogens with zero attached hydrogens (tertiary/aromatic N) is 4. The molecular formula is C10H12BrN5. The molecule has 0 saturated carbocycles. The van der Waals surface area contributed by atoms with Gasteiger partial charge in [0.05, 0.1) is 0 Å². The van der Waals surface area contributed by atoms with Crippen LogP contribution < -0.4 is 5.73 Å². The van der Waals surface area contributed by atoms with Crippen molar-refractivity contribution in [3.8, 4) is 11.4 Å². The maximum Gasteiger partial charge on any atom is 0.165 e. The summed E-state index contributed by atoms with van der Waals surface area (Å²) in [6.45, 7) is 3.19. The number of halogens is 1. The molecule has 2 aromatic rings. The van der Waals surface area contributed by atoms with Crippen LogP contribution in [0.4, 0.5) is 0 Å². The van der Waals surface area contributed by atoms with Crippen molar-refractivity contribution in [3.05, 3.63) is 28.8 Å². The van der Waals surface area contributed by atoms with Crippen LogP contribution in [0.5, 0.6) is 0 Å². The summed E-state index contributed by atoms with van der Waals surface area (Å²) in [4.78, 5) is 4.11. The van der Waals surface area contributed by atoms with E-state index in [0.717, 1.165) is 21.7 Å². The van der Waals surface area contributed by atoms with E-state index in [4.69, 9.17) is 5.73 Å². The second kappa shape index (κ2) is 4.71. The van der Waals surface area contributed by atoms with Gasteiger partial charge in [-0.2, -0.15) is 0 Å². The van der Waals surface area contributed by atoms with Gasteiger partial charge in [-0.3, -0.25) is 4.98 Å². The SMILES string of the molecule is Cc1nnc(-c2cncc(Br)c2)n1CCN. The highest BCUT2D eigenvalue weighted by molar-refractivity contribution is 9.10. The lowest BCUT2D eigenvalue weighted by molar-refractivity contribution is 0.689. The summed E-state index contributed by atoms with van der Waals surface area (Å²) in [5, 5.41) is 8.20. The number of rotatable bonds is 3. The van der Waals surface area contributed by atoms with Gasteiger partial charge in [0.1, 0.15) is 5.82 Å². The summed E-state index contributed by atoms with van der Waals surface area (Å²) < 4.78 is 2.91. The van der Waals surface area contributed by atoms with Gasteiger partial charge in [0.2, 0.25) is 0 Å². The fraction of sp³-hybridized carbons (Fsp3) is 0.300. The van der Waals surface area contributed by atoms with Gasteiger partial charge in [0.25, 0.3) is 0 Å². The lowest BCUT2D eigenvalue weighted by Gasteiger charge is -2.06. The molecule has 0 fully saturated rings. The van der Waals surface area contributed by atoms with Crippen molar-refractivity contribution in [2.24, 2.45) is 5.73 Å². The van der Waals surface area contributed by atoms with Gasteiger partial charge in [-0.1, -0.05) is 0 Å². The quantitative estimate of drug-likeness (QED) is 0.923. The van der Waals surface area contributed by atoms with Crippen LogP contribution in [0, 0.1) is 6.92 Å². The molecule has 0 amide bonds. The van der Waals surface area contributed by atoms with Crippen LogP contribution in [0.15, 0.2) is 22.9 Å². The van der Waals surface area contributed by atoms with Crippen LogP contribution in [0.25, 0.3) is 11.4 Å². The molecule has 6 heteroatoms. The molecule has 2 aromatic heterocycles. The monoisotopic (exact) mass is 281 g/mol. The summed E-state index contributed by atoms with van der Waals surface area (Å²) in [6.07, 6.45) is 3.50. The largest absolute Gasteiger partial charge is 0.329 e. The summed E-state index contributed by atoms with van der Waals surface area (Å²) in [6, 6.07) is 1.96. The fourth-order valence-corrected chi connectivity index (χ4v) is 1.89. The van der Waals surface area contributed by atoms with E-state index < -0.39 is 0 Å². The van der Waals surface area contributed by atoms with Gasteiger partial charge >= 0.3 is 0 Å². The van der Waals surface area contributed by atoms with E-state index in [1.54, 1.807) is 12.4 Å². The molecule has 2 rings (SSSR count). The van der Waals surface area contributed by atoms with Crippen molar-refractivity contribution in [1.29, 1.82) is 0 Å². The van der Waals surface area contributed by atoms with Crippen LogP contribution in [-0.2, 0) is 6.54 Å². The van der Waals surface area contributed by atoms with Crippen LogP contribution >= 0.6 is 15.9 Å². The van der Waals surface area contributed by atoms with Gasteiger partial charge in [-0.05, 0) is 28.9 Å². The summed E-state index contributed by atoms with van der Waals surface area (Å²) >= 11 is 3.39. The average Bonchev–Trinajstić information content (AvgIpc) is 2.61. The van der Waals surface area contributed by atoms with Crippen LogP contribution in [0.3, 0.4) is 0 Å². The molecule has 0 saturated heterocycles. The molecule has 0 aliphatic rings. The number of pyridine rings is 1. The second-order valence-electron chi connectivity index (χ2n) is 3.40. The molecule has 0 radical (unpaired) electrons. The molecule has 0 aliphatic heterocycles. The van der Waals surface area contributed by atoms with Crippen molar-refractivity contribution in [2.75, 3.05) is 6.54 Å². The Kier molecular flexibility index (Phi) is 3.31. The van der Waals surface area contributed by atoms with E-state index in [9.17, 15) is 0 Å². The molecule has 2 N–H and O–H groups in total. The molecule has 0 aliphatic carbocycles. The number of aromatic nitrogens is 4. The molecular weight excluding hydrogens is 270 g/mol. The third kappa shape index (κ3) is 2.12. The van der Waals surface area contributed by atoms with E-state index in [0.29, 0.717) is 13.1 Å². The molecule has 84 valence electrons. The predicted octanol–water partition coefficient (Wildman–Crippen LogP) is 1.37. The highest BCUT2D eigenvalue weighted by Crippen LogP contribution is 2.20. The molecule has 0 spiro atoms. The van der Waals surface area contributed by atoms with Crippen molar-refractivity contribution >= 4 is 15.9 Å². The lowest BCUT2D eigenvalue weighted by atomic mass is 10.2. The molecule has 2 heterocycles. The van der Waals surface area contributed by atoms with Gasteiger partial charge in [0.15, 0.2) is 5.82 Å². The van der Waals surface area contributed by atoms with Crippen LogP contribution in [-0.4, -0.2) is 26.3 Å². The Morgan fingerprint density at radius 2 is 2.19 bits per heavy atom. The van der Waals surface area contributed by atoms with Crippen molar-refractivity contribution in [1.82, 2.24) is 19.7 Å². The highest BCUT2D eigenvalue weighted by atomic mass is 79.9. The normalized spacial score (nSPS) is 10.7. The molecule has 5 nitrogen and oxygen atoms in total. The van der Waals surface area contributed by atoms with Crippen LogP contribution in [0.1, 0.15) is 5.82 Å². The third-order valence-corrected chi connectivity index (χ3v) is 2.69. The number of aryl methyl sites for hydroxylation is 1. The first kappa shape index (κ1) is 11.2.